The third-order valence-electron chi connectivity index (χ3n) is 0. The second-order valence-electron chi connectivity index (χ2n) is 0.283. The minimum Gasteiger partial charge on any atom is -1.00 e. The summed E-state index contributed by atoms with van der Waals surface area (Å²) in [5.41, 5.74) is 0. The molecule has 84 valence electrons. The summed E-state index contributed by atoms with van der Waals surface area (Å²) in [7, 11) is 0. The molecule has 0 radical (unpaired) electrons. The third kappa shape index (κ3) is 1600. The van der Waals surface area contributed by atoms with Crippen LogP contribution in [-0.4, -0.2) is 54.7 Å². The molecule has 0 bridgehead atoms. The van der Waals surface area contributed by atoms with Crippen LogP contribution in [0.1, 0.15) is 2.85 Å². The topological polar surface area (TPSA) is 278 Å². The molecule has 0 aromatic carbocycles. The van der Waals surface area contributed by atoms with Crippen molar-refractivity contribution in [1.29, 1.82) is 0 Å². The molecular weight excluding hydrogens is 218 g/mol. The molecular formula is CH18Na2O10. The molecule has 12 heteroatoms. The first-order valence-corrected chi connectivity index (χ1v) is 0.651. The maximum atomic E-state index is 8.56. The first kappa shape index (κ1) is 148. The van der Waals surface area contributed by atoms with Crippen LogP contribution in [0.25, 0.3) is 0 Å². The monoisotopic (exact) mass is 236 g/mol. The Morgan fingerprint density at radius 2 is 0.692 bits per heavy atom. The van der Waals surface area contributed by atoms with Gasteiger partial charge in [-0.25, -0.2) is 4.79 Å². The van der Waals surface area contributed by atoms with Crippen molar-refractivity contribution in [3.8, 4) is 0 Å². The van der Waals surface area contributed by atoms with E-state index >= 15 is 0 Å². The Morgan fingerprint density at radius 1 is 0.692 bits per heavy atom. The summed E-state index contributed by atoms with van der Waals surface area (Å²) < 4.78 is 0. The van der Waals surface area contributed by atoms with E-state index in [2.05, 4.69) is 0 Å². The van der Waals surface area contributed by atoms with Crippen molar-refractivity contribution in [3.63, 3.8) is 0 Å². The largest absolute Gasteiger partial charge is 1.00 e. The molecule has 0 fully saturated rings. The Kier molecular flexibility index (Phi) is 1340. The van der Waals surface area contributed by atoms with Gasteiger partial charge >= 0.3 is 65.3 Å². The second kappa shape index (κ2) is 117. The van der Waals surface area contributed by atoms with Gasteiger partial charge in [0.25, 0.3) is 0 Å². The number of hydrogen-bond acceptors (Lipinski definition) is 1. The van der Waals surface area contributed by atoms with Gasteiger partial charge in [-0.1, -0.05) is 0 Å². The molecule has 0 spiro atoms. The summed E-state index contributed by atoms with van der Waals surface area (Å²) in [5, 5.41) is 13.9. The fourth-order valence-corrected chi connectivity index (χ4v) is 0. The van der Waals surface area contributed by atoms with Crippen molar-refractivity contribution in [1.82, 2.24) is 0 Å². The summed E-state index contributed by atoms with van der Waals surface area (Å²) in [6.45, 7) is 0. The molecule has 0 atom stereocenters. The molecule has 0 aromatic heterocycles. The molecule has 0 aromatic rings. The summed E-state index contributed by atoms with van der Waals surface area (Å²) in [4.78, 5) is 8.56. The van der Waals surface area contributed by atoms with Gasteiger partial charge in [0.05, 0.1) is 0 Å². The number of carboxylic acid groups (broad SMARTS) is 2. The number of rotatable bonds is 0. The van der Waals surface area contributed by atoms with Gasteiger partial charge in [0, 0.05) is 0 Å². The van der Waals surface area contributed by atoms with Crippen molar-refractivity contribution in [2.75, 3.05) is 0 Å². The van der Waals surface area contributed by atoms with Gasteiger partial charge in [-0.2, -0.15) is 0 Å². The van der Waals surface area contributed by atoms with E-state index in [0.717, 1.165) is 0 Å². The minimum atomic E-state index is -1.83. The molecule has 0 heterocycles. The van der Waals surface area contributed by atoms with E-state index in [1.54, 1.807) is 0 Å². The molecule has 10 nitrogen and oxygen atoms in total. The zero-order valence-corrected chi connectivity index (χ0v) is 11.3. The van der Waals surface area contributed by atoms with Crippen molar-refractivity contribution < 1.29 is 115 Å². The summed E-state index contributed by atoms with van der Waals surface area (Å²) in [6.07, 6.45) is -1.83. The average Bonchev–Trinajstić information content (AvgIpc) is 0.811. The van der Waals surface area contributed by atoms with E-state index in [9.17, 15) is 0 Å². The van der Waals surface area contributed by atoms with Crippen LogP contribution in [-0.2, 0) is 0 Å². The van der Waals surface area contributed by atoms with Crippen LogP contribution >= 0.6 is 0 Å². The zero-order chi connectivity index (χ0) is 3.58. The molecule has 0 amide bonds. The van der Waals surface area contributed by atoms with Crippen molar-refractivity contribution in [2.45, 2.75) is 0 Å². The van der Waals surface area contributed by atoms with Gasteiger partial charge in [-0.15, -0.1) is 0 Å². The van der Waals surface area contributed by atoms with E-state index in [0.29, 0.717) is 0 Å². The summed E-state index contributed by atoms with van der Waals surface area (Å²) in [5.74, 6) is 0. The maximum Gasteiger partial charge on any atom is 1.00 e. The molecule has 13 heavy (non-hydrogen) atoms. The van der Waals surface area contributed by atoms with Crippen LogP contribution < -0.4 is 59.1 Å². The van der Waals surface area contributed by atoms with Crippen LogP contribution in [0.2, 0.25) is 0 Å². The average molecular weight is 236 g/mol. The molecule has 0 saturated carbocycles. The Morgan fingerprint density at radius 3 is 0.692 bits per heavy atom. The van der Waals surface area contributed by atoms with Gasteiger partial charge < -0.3 is 51.4 Å². The van der Waals surface area contributed by atoms with E-state index in [1.807, 2.05) is 0 Å². The molecule has 0 rings (SSSR count). The Bertz CT molecular complexity index is 44.4. The standard InChI is InChI=1S/CH2O3.2Na.7H2O.2H/c2-1(3)4;;;;;;;;;;;/h(H2,2,3,4);;;7*1H2;;/q;2*+1;;;;;;;;2*-1. The van der Waals surface area contributed by atoms with Gasteiger partial charge in [0.1, 0.15) is 0 Å². The summed E-state index contributed by atoms with van der Waals surface area (Å²) in [6, 6.07) is 0. The van der Waals surface area contributed by atoms with Gasteiger partial charge in [0.2, 0.25) is 0 Å². The van der Waals surface area contributed by atoms with Crippen molar-refractivity contribution >= 4 is 6.16 Å². The molecule has 0 saturated heterocycles. The predicted octanol–water partition coefficient (Wildman–Crippen LogP) is -11.3. The molecule has 0 aliphatic carbocycles. The smallest absolute Gasteiger partial charge is 1.00 e. The molecule has 0 aliphatic rings. The van der Waals surface area contributed by atoms with Gasteiger partial charge in [-0.3, -0.25) is 0 Å². The van der Waals surface area contributed by atoms with Gasteiger partial charge in [-0.05, 0) is 0 Å². The first-order chi connectivity index (χ1) is 1.73. The van der Waals surface area contributed by atoms with Crippen LogP contribution in [0, 0.1) is 0 Å². The first-order valence-electron chi connectivity index (χ1n) is 0.651. The van der Waals surface area contributed by atoms with Crippen molar-refractivity contribution in [3.05, 3.63) is 0 Å². The Labute approximate surface area is 121 Å². The molecule has 0 aliphatic heterocycles. The maximum absolute atomic E-state index is 8.56. The normalized spacial score (nSPS) is 1.85. The minimum absolute atomic E-state index is 0. The zero-order valence-electron chi connectivity index (χ0n) is 9.30. The number of carbonyl (C=O) groups is 1. The number of hydrogen-bond donors (Lipinski definition) is 2. The van der Waals surface area contributed by atoms with Crippen LogP contribution in [0.4, 0.5) is 4.79 Å². The quantitative estimate of drug-likeness (QED) is 0.387. The van der Waals surface area contributed by atoms with E-state index in [1.165, 1.54) is 0 Å². The second-order valence-corrected chi connectivity index (χ2v) is 0.283. The van der Waals surface area contributed by atoms with Crippen molar-refractivity contribution in [2.24, 2.45) is 0 Å². The molecule has 16 N–H and O–H groups in total. The SMILES string of the molecule is O.O.O.O.O.O.O.O=C(O)O.[H-].[H-].[Na+].[Na+]. The fourth-order valence-electron chi connectivity index (χ4n) is 0. The van der Waals surface area contributed by atoms with E-state index in [4.69, 9.17) is 15.0 Å². The van der Waals surface area contributed by atoms with E-state index < -0.39 is 6.16 Å². The van der Waals surface area contributed by atoms with Crippen LogP contribution in [0.3, 0.4) is 0 Å². The predicted molar refractivity (Wildman–Crippen MR) is 38.2 cm³/mol. The summed E-state index contributed by atoms with van der Waals surface area (Å²) >= 11 is 0. The third-order valence-corrected chi connectivity index (χ3v) is 0. The fraction of sp³-hybridized carbons (Fsp3) is 0. The van der Waals surface area contributed by atoms with Crippen LogP contribution in [0.5, 0.6) is 0 Å². The Balaban J connectivity index is -0.000000000818. The van der Waals surface area contributed by atoms with Gasteiger partial charge in [0.15, 0.2) is 0 Å². The van der Waals surface area contributed by atoms with Crippen LogP contribution in [0.15, 0.2) is 0 Å². The van der Waals surface area contributed by atoms with E-state index in [-0.39, 0.29) is 100 Å². The Hall–Kier alpha value is 0.990. The molecule has 0 unspecified atom stereocenters.